The van der Waals surface area contributed by atoms with Crippen LogP contribution in [0.25, 0.3) is 5.69 Å². The first kappa shape index (κ1) is 15.1. The Kier molecular flexibility index (Phi) is 4.89. The molecule has 0 fully saturated rings. The predicted molar refractivity (Wildman–Crippen MR) is 86.7 cm³/mol. The van der Waals surface area contributed by atoms with Crippen LogP contribution in [-0.2, 0) is 13.0 Å². The minimum absolute atomic E-state index is 0.540. The van der Waals surface area contributed by atoms with Crippen molar-refractivity contribution in [3.8, 4) is 5.69 Å². The van der Waals surface area contributed by atoms with E-state index in [-0.39, 0.29) is 0 Å². The Balaban J connectivity index is 2.60. The number of aryl methyl sites for hydroxylation is 1. The monoisotopic (exact) mass is 289 g/mol. The maximum absolute atomic E-state index is 5.99. The van der Waals surface area contributed by atoms with Crippen LogP contribution in [0.1, 0.15) is 36.4 Å². The number of rotatable bonds is 5. The zero-order chi connectivity index (χ0) is 14.7. The molecule has 0 aliphatic rings. The van der Waals surface area contributed by atoms with Gasteiger partial charge in [0.25, 0.3) is 0 Å². The minimum atomic E-state index is 0.540. The van der Waals surface area contributed by atoms with E-state index in [0.29, 0.717) is 6.54 Å². The molecule has 2 N–H and O–H groups in total. The van der Waals surface area contributed by atoms with Gasteiger partial charge >= 0.3 is 0 Å². The Bertz CT molecular complexity index is 602. The summed E-state index contributed by atoms with van der Waals surface area (Å²) in [7, 11) is 0. The molecular formula is C16H23N3S. The third-order valence-electron chi connectivity index (χ3n) is 3.64. The van der Waals surface area contributed by atoms with Gasteiger partial charge in [0, 0.05) is 22.7 Å². The molecule has 1 heterocycles. The van der Waals surface area contributed by atoms with E-state index in [1.807, 2.05) is 11.8 Å². The molecule has 0 saturated heterocycles. The summed E-state index contributed by atoms with van der Waals surface area (Å²) < 4.78 is 2.05. The van der Waals surface area contributed by atoms with Crippen molar-refractivity contribution in [3.05, 3.63) is 40.7 Å². The third-order valence-corrected chi connectivity index (χ3v) is 4.62. The smallest absolute Gasteiger partial charge is 0.0704 e. The lowest BCUT2D eigenvalue weighted by Gasteiger charge is -2.14. The highest BCUT2D eigenvalue weighted by molar-refractivity contribution is 7.99. The van der Waals surface area contributed by atoms with Gasteiger partial charge in [-0.3, -0.25) is 0 Å². The van der Waals surface area contributed by atoms with E-state index in [1.54, 1.807) is 0 Å². The van der Waals surface area contributed by atoms with Crippen molar-refractivity contribution in [3.63, 3.8) is 0 Å². The second-order valence-electron chi connectivity index (χ2n) is 4.81. The van der Waals surface area contributed by atoms with Gasteiger partial charge in [-0.05, 0) is 43.7 Å². The highest BCUT2D eigenvalue weighted by Crippen LogP contribution is 2.29. The Hall–Kier alpha value is -1.26. The molecule has 0 bridgehead atoms. The summed E-state index contributed by atoms with van der Waals surface area (Å²) in [5.74, 6) is 1.05. The standard InChI is InChI=1S/C16H23N3S/c1-5-13-11(3)18-19(12(13)4)15-8-7-9-16(20-6-2)14(15)10-17/h7-9H,5-6,10,17H2,1-4H3. The van der Waals surface area contributed by atoms with E-state index in [9.17, 15) is 0 Å². The van der Waals surface area contributed by atoms with Crippen molar-refractivity contribution in [1.29, 1.82) is 0 Å². The lowest BCUT2D eigenvalue weighted by molar-refractivity contribution is 0.810. The minimum Gasteiger partial charge on any atom is -0.326 e. The number of benzene rings is 1. The van der Waals surface area contributed by atoms with Gasteiger partial charge < -0.3 is 5.73 Å². The Morgan fingerprint density at radius 2 is 1.95 bits per heavy atom. The van der Waals surface area contributed by atoms with E-state index in [4.69, 9.17) is 10.8 Å². The summed E-state index contributed by atoms with van der Waals surface area (Å²) >= 11 is 1.84. The van der Waals surface area contributed by atoms with Crippen molar-refractivity contribution in [1.82, 2.24) is 9.78 Å². The van der Waals surface area contributed by atoms with Crippen LogP contribution in [0.2, 0.25) is 0 Å². The summed E-state index contributed by atoms with van der Waals surface area (Å²) in [5.41, 5.74) is 12.0. The fraction of sp³-hybridized carbons (Fsp3) is 0.438. The number of thioether (sulfide) groups is 1. The SMILES string of the molecule is CCSc1cccc(-n2nc(C)c(CC)c2C)c1CN. The van der Waals surface area contributed by atoms with Crippen LogP contribution in [0.15, 0.2) is 23.1 Å². The maximum atomic E-state index is 5.99. The van der Waals surface area contributed by atoms with Crippen molar-refractivity contribution >= 4 is 11.8 Å². The third kappa shape index (κ3) is 2.63. The predicted octanol–water partition coefficient (Wildman–Crippen LogP) is 3.62. The second-order valence-corrected chi connectivity index (χ2v) is 6.11. The number of aromatic nitrogens is 2. The van der Waals surface area contributed by atoms with Gasteiger partial charge in [-0.2, -0.15) is 5.10 Å². The summed E-state index contributed by atoms with van der Waals surface area (Å²) in [4.78, 5) is 1.26. The fourth-order valence-electron chi connectivity index (χ4n) is 2.67. The lowest BCUT2D eigenvalue weighted by Crippen LogP contribution is -2.08. The molecule has 108 valence electrons. The summed E-state index contributed by atoms with van der Waals surface area (Å²) in [6.07, 6.45) is 1.01. The molecule has 3 nitrogen and oxygen atoms in total. The van der Waals surface area contributed by atoms with Crippen molar-refractivity contribution in [2.24, 2.45) is 5.73 Å². The molecule has 0 atom stereocenters. The zero-order valence-corrected chi connectivity index (χ0v) is 13.5. The summed E-state index contributed by atoms with van der Waals surface area (Å²) in [5, 5.41) is 4.71. The molecule has 0 aliphatic carbocycles. The molecule has 0 saturated carbocycles. The fourth-order valence-corrected chi connectivity index (χ4v) is 3.52. The summed E-state index contributed by atoms with van der Waals surface area (Å²) in [6.45, 7) is 9.09. The van der Waals surface area contributed by atoms with E-state index in [0.717, 1.165) is 23.6 Å². The molecule has 20 heavy (non-hydrogen) atoms. The van der Waals surface area contributed by atoms with Gasteiger partial charge in [-0.1, -0.05) is 19.9 Å². The average Bonchev–Trinajstić information content (AvgIpc) is 2.73. The maximum Gasteiger partial charge on any atom is 0.0704 e. The first-order valence-electron chi connectivity index (χ1n) is 7.14. The number of nitrogens with two attached hydrogens (primary N) is 1. The van der Waals surface area contributed by atoms with Crippen molar-refractivity contribution in [2.45, 2.75) is 45.6 Å². The molecule has 1 aromatic carbocycles. The Morgan fingerprint density at radius 3 is 2.50 bits per heavy atom. The van der Waals surface area contributed by atoms with Gasteiger partial charge in [0.2, 0.25) is 0 Å². The summed E-state index contributed by atoms with van der Waals surface area (Å²) in [6, 6.07) is 6.35. The molecule has 2 aromatic rings. The second kappa shape index (κ2) is 6.46. The van der Waals surface area contributed by atoms with Crippen molar-refractivity contribution < 1.29 is 0 Å². The van der Waals surface area contributed by atoms with Crippen LogP contribution < -0.4 is 5.73 Å². The number of hydrogen-bond acceptors (Lipinski definition) is 3. The number of nitrogens with zero attached hydrogens (tertiary/aromatic N) is 2. The molecule has 4 heteroatoms. The van der Waals surface area contributed by atoms with E-state index < -0.39 is 0 Å². The van der Waals surface area contributed by atoms with Gasteiger partial charge in [-0.25, -0.2) is 4.68 Å². The van der Waals surface area contributed by atoms with Crippen LogP contribution in [-0.4, -0.2) is 15.5 Å². The highest BCUT2D eigenvalue weighted by Gasteiger charge is 2.15. The zero-order valence-electron chi connectivity index (χ0n) is 12.7. The molecule has 0 radical (unpaired) electrons. The molecule has 0 unspecified atom stereocenters. The van der Waals surface area contributed by atoms with Gasteiger partial charge in [0.05, 0.1) is 11.4 Å². The Morgan fingerprint density at radius 1 is 1.20 bits per heavy atom. The molecular weight excluding hydrogens is 266 g/mol. The van der Waals surface area contributed by atoms with E-state index in [2.05, 4.69) is 50.6 Å². The number of hydrogen-bond donors (Lipinski definition) is 1. The molecule has 1 aromatic heterocycles. The van der Waals surface area contributed by atoms with Crippen LogP contribution in [0, 0.1) is 13.8 Å². The van der Waals surface area contributed by atoms with Gasteiger partial charge in [-0.15, -0.1) is 11.8 Å². The highest BCUT2D eigenvalue weighted by atomic mass is 32.2. The van der Waals surface area contributed by atoms with Gasteiger partial charge in [0.1, 0.15) is 0 Å². The van der Waals surface area contributed by atoms with E-state index >= 15 is 0 Å². The topological polar surface area (TPSA) is 43.8 Å². The normalized spacial score (nSPS) is 11.1. The Labute approximate surface area is 125 Å². The lowest BCUT2D eigenvalue weighted by atomic mass is 10.1. The quantitative estimate of drug-likeness (QED) is 0.855. The van der Waals surface area contributed by atoms with Crippen LogP contribution >= 0.6 is 11.8 Å². The largest absolute Gasteiger partial charge is 0.326 e. The first-order valence-corrected chi connectivity index (χ1v) is 8.12. The first-order chi connectivity index (χ1) is 9.63. The molecule has 2 rings (SSSR count). The average molecular weight is 289 g/mol. The van der Waals surface area contributed by atoms with Crippen LogP contribution in [0.4, 0.5) is 0 Å². The van der Waals surface area contributed by atoms with Crippen LogP contribution in [0.3, 0.4) is 0 Å². The van der Waals surface area contributed by atoms with Crippen molar-refractivity contribution in [2.75, 3.05) is 5.75 Å². The molecule has 0 aliphatic heterocycles. The van der Waals surface area contributed by atoms with Crippen LogP contribution in [0.5, 0.6) is 0 Å². The molecule has 0 spiro atoms. The van der Waals surface area contributed by atoms with E-state index in [1.165, 1.54) is 21.7 Å². The molecule has 0 amide bonds. The van der Waals surface area contributed by atoms with Gasteiger partial charge in [0.15, 0.2) is 0 Å².